The quantitative estimate of drug-likeness (QED) is 0.624. The molecule has 0 fully saturated rings. The summed E-state index contributed by atoms with van der Waals surface area (Å²) in [6, 6.07) is 0.344. The van der Waals surface area contributed by atoms with Crippen molar-refractivity contribution in [1.82, 2.24) is 9.97 Å². The van der Waals surface area contributed by atoms with Gasteiger partial charge in [0.05, 0.1) is 4.90 Å². The van der Waals surface area contributed by atoms with Gasteiger partial charge in [0.2, 0.25) is 0 Å². The van der Waals surface area contributed by atoms with E-state index in [0.29, 0.717) is 11.2 Å². The van der Waals surface area contributed by atoms with Crippen molar-refractivity contribution in [1.29, 1.82) is 0 Å². The number of hydrogen-bond donors (Lipinski definition) is 1. The summed E-state index contributed by atoms with van der Waals surface area (Å²) >= 11 is 7.45. The van der Waals surface area contributed by atoms with Crippen LogP contribution in [0.4, 0.5) is 5.82 Å². The molecule has 3 nitrogen and oxygen atoms in total. The first kappa shape index (κ1) is 10.6. The first-order chi connectivity index (χ1) is 6.15. The van der Waals surface area contributed by atoms with Gasteiger partial charge in [0.25, 0.3) is 0 Å². The Morgan fingerprint density at radius 3 is 2.69 bits per heavy atom. The highest BCUT2D eigenvalue weighted by Gasteiger charge is 2.08. The molecule has 72 valence electrons. The van der Waals surface area contributed by atoms with Crippen molar-refractivity contribution in [2.45, 2.75) is 24.8 Å². The largest absolute Gasteiger partial charge is 0.367 e. The number of hydrogen-bond acceptors (Lipinski definition) is 4. The van der Waals surface area contributed by atoms with Gasteiger partial charge < -0.3 is 5.32 Å². The van der Waals surface area contributed by atoms with Crippen molar-refractivity contribution in [3.8, 4) is 0 Å². The van der Waals surface area contributed by atoms with Crippen LogP contribution in [0.1, 0.15) is 13.8 Å². The van der Waals surface area contributed by atoms with Crippen LogP contribution in [-0.2, 0) is 0 Å². The molecule has 0 aromatic carbocycles. The topological polar surface area (TPSA) is 37.8 Å². The minimum absolute atomic E-state index is 0.344. The Balaban J connectivity index is 2.98. The van der Waals surface area contributed by atoms with Crippen molar-refractivity contribution < 1.29 is 0 Å². The molecule has 0 aliphatic carbocycles. The third-order valence-electron chi connectivity index (χ3n) is 1.39. The van der Waals surface area contributed by atoms with Gasteiger partial charge in [0.15, 0.2) is 0 Å². The van der Waals surface area contributed by atoms with Crippen molar-refractivity contribution in [2.24, 2.45) is 0 Å². The fraction of sp³-hybridized carbons (Fsp3) is 0.500. The normalized spacial score (nSPS) is 10.5. The summed E-state index contributed by atoms with van der Waals surface area (Å²) in [7, 11) is 0. The Kier molecular flexibility index (Phi) is 3.81. The molecular weight excluding hydrogens is 206 g/mol. The monoisotopic (exact) mass is 217 g/mol. The minimum Gasteiger partial charge on any atom is -0.367 e. The highest BCUT2D eigenvalue weighted by Crippen LogP contribution is 2.29. The molecule has 5 heteroatoms. The second kappa shape index (κ2) is 4.67. The highest BCUT2D eigenvalue weighted by molar-refractivity contribution is 7.98. The molecule has 13 heavy (non-hydrogen) atoms. The van der Waals surface area contributed by atoms with Crippen LogP contribution >= 0.6 is 23.4 Å². The van der Waals surface area contributed by atoms with Crippen LogP contribution in [0.2, 0.25) is 5.15 Å². The number of nitrogens with one attached hydrogen (secondary N) is 1. The van der Waals surface area contributed by atoms with Crippen LogP contribution in [-0.4, -0.2) is 22.3 Å². The zero-order chi connectivity index (χ0) is 9.84. The highest BCUT2D eigenvalue weighted by atomic mass is 35.5. The molecule has 0 atom stereocenters. The summed E-state index contributed by atoms with van der Waals surface area (Å²) < 4.78 is 0. The molecule has 1 aromatic heterocycles. The number of rotatable bonds is 3. The summed E-state index contributed by atoms with van der Waals surface area (Å²) in [6.07, 6.45) is 3.42. The van der Waals surface area contributed by atoms with Gasteiger partial charge in [-0.1, -0.05) is 11.6 Å². The molecule has 0 radical (unpaired) electrons. The van der Waals surface area contributed by atoms with E-state index < -0.39 is 0 Å². The maximum Gasteiger partial charge on any atom is 0.148 e. The van der Waals surface area contributed by atoms with Crippen LogP contribution in [0.25, 0.3) is 0 Å². The summed E-state index contributed by atoms with van der Waals surface area (Å²) in [6.45, 7) is 4.11. The lowest BCUT2D eigenvalue weighted by Gasteiger charge is -2.12. The van der Waals surface area contributed by atoms with Crippen molar-refractivity contribution >= 4 is 29.2 Å². The van der Waals surface area contributed by atoms with Gasteiger partial charge in [-0.05, 0) is 20.1 Å². The molecule has 0 spiro atoms. The van der Waals surface area contributed by atoms with Crippen LogP contribution in [0, 0.1) is 0 Å². The summed E-state index contributed by atoms with van der Waals surface area (Å²) in [4.78, 5) is 8.94. The zero-order valence-corrected chi connectivity index (χ0v) is 9.41. The van der Waals surface area contributed by atoms with Crippen LogP contribution in [0.5, 0.6) is 0 Å². The van der Waals surface area contributed by atoms with E-state index >= 15 is 0 Å². The van der Waals surface area contributed by atoms with Gasteiger partial charge >= 0.3 is 0 Å². The van der Waals surface area contributed by atoms with Gasteiger partial charge in [-0.25, -0.2) is 9.97 Å². The third-order valence-corrected chi connectivity index (χ3v) is 2.58. The molecular formula is C8H12ClN3S. The summed E-state index contributed by atoms with van der Waals surface area (Å²) in [5, 5.41) is 3.71. The standard InChI is InChI=1S/C8H12ClN3S/c1-5(2)12-8-6(13-3)7(9)10-4-11-8/h4-5H,1-3H3,(H,10,11,12). The van der Waals surface area contributed by atoms with E-state index in [2.05, 4.69) is 29.1 Å². The van der Waals surface area contributed by atoms with E-state index in [1.165, 1.54) is 6.33 Å². The first-order valence-corrected chi connectivity index (χ1v) is 5.56. The number of aromatic nitrogens is 2. The Morgan fingerprint density at radius 1 is 1.46 bits per heavy atom. The minimum atomic E-state index is 0.344. The fourth-order valence-electron chi connectivity index (χ4n) is 0.909. The van der Waals surface area contributed by atoms with E-state index in [-0.39, 0.29) is 0 Å². The zero-order valence-electron chi connectivity index (χ0n) is 7.84. The lowest BCUT2D eigenvalue weighted by Crippen LogP contribution is -2.12. The van der Waals surface area contributed by atoms with Crippen LogP contribution in [0.3, 0.4) is 0 Å². The molecule has 0 aliphatic rings. The molecule has 1 heterocycles. The fourth-order valence-corrected chi connectivity index (χ4v) is 1.80. The van der Waals surface area contributed by atoms with Crippen molar-refractivity contribution in [3.63, 3.8) is 0 Å². The van der Waals surface area contributed by atoms with E-state index in [1.54, 1.807) is 11.8 Å². The molecule has 0 bridgehead atoms. The maximum absolute atomic E-state index is 5.90. The average molecular weight is 218 g/mol. The lowest BCUT2D eigenvalue weighted by molar-refractivity contribution is 0.876. The molecule has 1 rings (SSSR count). The van der Waals surface area contributed by atoms with Gasteiger partial charge in [0.1, 0.15) is 17.3 Å². The molecule has 0 saturated heterocycles. The molecule has 0 amide bonds. The summed E-state index contributed by atoms with van der Waals surface area (Å²) in [5.74, 6) is 0.808. The van der Waals surface area contributed by atoms with Crippen molar-refractivity contribution in [2.75, 3.05) is 11.6 Å². The molecule has 0 saturated carbocycles. The predicted molar refractivity (Wildman–Crippen MR) is 57.6 cm³/mol. The van der Waals surface area contributed by atoms with Gasteiger partial charge in [0, 0.05) is 6.04 Å². The Hall–Kier alpha value is -0.480. The second-order valence-corrected chi connectivity index (χ2v) is 4.02. The maximum atomic E-state index is 5.90. The van der Waals surface area contributed by atoms with Crippen LogP contribution < -0.4 is 5.32 Å². The lowest BCUT2D eigenvalue weighted by atomic mass is 10.4. The van der Waals surface area contributed by atoms with Gasteiger partial charge in [-0.15, -0.1) is 11.8 Å². The Labute approximate surface area is 87.3 Å². The molecule has 1 N–H and O–H groups in total. The second-order valence-electron chi connectivity index (χ2n) is 2.85. The van der Waals surface area contributed by atoms with E-state index in [4.69, 9.17) is 11.6 Å². The van der Waals surface area contributed by atoms with Gasteiger partial charge in [-0.2, -0.15) is 0 Å². The number of nitrogens with zero attached hydrogens (tertiary/aromatic N) is 2. The van der Waals surface area contributed by atoms with E-state index in [0.717, 1.165) is 10.7 Å². The number of thioether (sulfide) groups is 1. The molecule has 1 aromatic rings. The van der Waals surface area contributed by atoms with E-state index in [1.807, 2.05) is 6.26 Å². The van der Waals surface area contributed by atoms with Crippen molar-refractivity contribution in [3.05, 3.63) is 11.5 Å². The first-order valence-electron chi connectivity index (χ1n) is 3.96. The Bertz CT molecular complexity index is 291. The number of halogens is 1. The van der Waals surface area contributed by atoms with E-state index in [9.17, 15) is 0 Å². The average Bonchev–Trinajstić information content (AvgIpc) is 2.03. The third kappa shape index (κ3) is 2.74. The summed E-state index contributed by atoms with van der Waals surface area (Å²) in [5.41, 5.74) is 0. The SMILES string of the molecule is CSc1c(Cl)ncnc1NC(C)C. The molecule has 0 unspecified atom stereocenters. The predicted octanol–water partition coefficient (Wildman–Crippen LogP) is 2.67. The van der Waals surface area contributed by atoms with Crippen LogP contribution in [0.15, 0.2) is 11.2 Å². The number of anilines is 1. The Morgan fingerprint density at radius 2 is 2.15 bits per heavy atom. The van der Waals surface area contributed by atoms with Gasteiger partial charge in [-0.3, -0.25) is 0 Å². The molecule has 0 aliphatic heterocycles. The smallest absolute Gasteiger partial charge is 0.148 e.